The number of hydrogen-bond acceptors (Lipinski definition) is 8. The summed E-state index contributed by atoms with van der Waals surface area (Å²) < 4.78 is 25.6. The lowest BCUT2D eigenvalue weighted by Crippen LogP contribution is -2.53. The highest BCUT2D eigenvalue weighted by atomic mass is 32.2. The number of rotatable bonds is 19. The quantitative estimate of drug-likeness (QED) is 0.107. The Balaban J connectivity index is 2.01. The normalized spacial score (nSPS) is 14.6. The fourth-order valence-electron chi connectivity index (χ4n) is 4.47. The Bertz CT molecular complexity index is 1180. The third kappa shape index (κ3) is 12.2. The van der Waals surface area contributed by atoms with Gasteiger partial charge < -0.3 is 24.1 Å². The van der Waals surface area contributed by atoms with Crippen molar-refractivity contribution in [3.05, 3.63) is 108 Å². The van der Waals surface area contributed by atoms with Crippen LogP contribution in [0.25, 0.3) is 0 Å². The van der Waals surface area contributed by atoms with Gasteiger partial charge >= 0.3 is 5.97 Å². The molecule has 0 bridgehead atoms. The van der Waals surface area contributed by atoms with Gasteiger partial charge in [0.15, 0.2) is 0 Å². The van der Waals surface area contributed by atoms with Crippen LogP contribution >= 0.6 is 23.5 Å². The molecule has 0 fully saturated rings. The number of thioether (sulfide) groups is 2. The Morgan fingerprint density at radius 1 is 0.659 bits per heavy atom. The van der Waals surface area contributed by atoms with E-state index in [9.17, 15) is 9.90 Å². The molecule has 3 rings (SSSR count). The van der Waals surface area contributed by atoms with Crippen molar-refractivity contribution in [1.29, 1.82) is 0 Å². The molecule has 0 aliphatic rings. The van der Waals surface area contributed by atoms with E-state index in [4.69, 9.17) is 18.9 Å². The lowest BCUT2D eigenvalue weighted by Gasteiger charge is -2.39. The lowest BCUT2D eigenvalue weighted by molar-refractivity contribution is -0.188. The van der Waals surface area contributed by atoms with Crippen LogP contribution in [-0.4, -0.2) is 58.2 Å². The van der Waals surface area contributed by atoms with E-state index in [0.717, 1.165) is 28.2 Å². The highest BCUT2D eigenvalue weighted by molar-refractivity contribution is 8.17. The summed E-state index contributed by atoms with van der Waals surface area (Å²) in [4.78, 5) is 12.7. The molecule has 44 heavy (non-hydrogen) atoms. The monoisotopic (exact) mass is 640 g/mol. The third-order valence-corrected chi connectivity index (χ3v) is 9.49. The molecule has 4 atom stereocenters. The Morgan fingerprint density at radius 3 is 1.43 bits per heavy atom. The molecule has 3 aromatic carbocycles. The summed E-state index contributed by atoms with van der Waals surface area (Å²) in [5, 5.41) is 11.7. The minimum absolute atomic E-state index is 0.00152. The van der Waals surface area contributed by atoms with E-state index in [2.05, 4.69) is 13.8 Å². The van der Waals surface area contributed by atoms with Gasteiger partial charge in [-0.15, -0.1) is 23.5 Å². The number of aliphatic hydroxyl groups excluding tert-OH is 1. The van der Waals surface area contributed by atoms with Gasteiger partial charge in [0.2, 0.25) is 0 Å². The van der Waals surface area contributed by atoms with Crippen LogP contribution in [0, 0.1) is 5.41 Å². The van der Waals surface area contributed by atoms with Gasteiger partial charge in [0, 0.05) is 0 Å². The number of benzene rings is 3. The second kappa shape index (κ2) is 19.2. The molecular weight excluding hydrogens is 593 g/mol. The van der Waals surface area contributed by atoms with E-state index < -0.39 is 35.8 Å². The zero-order valence-electron chi connectivity index (χ0n) is 26.6. The first kappa shape index (κ1) is 36.1. The molecule has 0 aliphatic carbocycles. The van der Waals surface area contributed by atoms with Crippen LogP contribution in [0.15, 0.2) is 91.0 Å². The van der Waals surface area contributed by atoms with Gasteiger partial charge in [0.25, 0.3) is 0 Å². The van der Waals surface area contributed by atoms with E-state index >= 15 is 0 Å². The van der Waals surface area contributed by atoms with Gasteiger partial charge in [-0.3, -0.25) is 4.79 Å². The van der Waals surface area contributed by atoms with Crippen molar-refractivity contribution in [2.75, 3.05) is 18.1 Å². The number of carbonyl (C=O) groups is 1. The van der Waals surface area contributed by atoms with E-state index in [1.54, 1.807) is 44.3 Å². The first-order chi connectivity index (χ1) is 21.2. The van der Waals surface area contributed by atoms with Crippen molar-refractivity contribution in [3.63, 3.8) is 0 Å². The van der Waals surface area contributed by atoms with Crippen LogP contribution in [0.5, 0.6) is 0 Å². The molecule has 6 nitrogen and oxygen atoms in total. The predicted octanol–water partition coefficient (Wildman–Crippen LogP) is 7.53. The van der Waals surface area contributed by atoms with Crippen LogP contribution in [0.1, 0.15) is 51.3 Å². The first-order valence-electron chi connectivity index (χ1n) is 15.3. The lowest BCUT2D eigenvalue weighted by atomic mass is 9.97. The fourth-order valence-corrected chi connectivity index (χ4v) is 7.17. The van der Waals surface area contributed by atoms with E-state index in [1.165, 1.54) is 0 Å². The molecule has 0 saturated heterocycles. The van der Waals surface area contributed by atoms with Gasteiger partial charge in [-0.25, -0.2) is 0 Å². The standard InChI is InChI=1S/C36H48O6S2/c1-6-43-34(44-7-2)33(41-25-29-21-15-10-16-22-29)32(40-24-28-19-13-9-14-20-28)31(39-23-27-17-11-8-12-18-27)30(37)26-42-35(38)36(3,4)5/h8-22,30-34,37H,6-7,23-26H2,1-5H3/t30-,31+,32+,33-/m1/s1. The number of hydrogen-bond donors (Lipinski definition) is 1. The van der Waals surface area contributed by atoms with Gasteiger partial charge in [-0.1, -0.05) is 105 Å². The van der Waals surface area contributed by atoms with Gasteiger partial charge in [0.1, 0.15) is 31.0 Å². The summed E-state index contributed by atoms with van der Waals surface area (Å²) in [5.74, 6) is 1.38. The molecule has 0 saturated carbocycles. The van der Waals surface area contributed by atoms with Crippen LogP contribution in [-0.2, 0) is 43.6 Å². The van der Waals surface area contributed by atoms with Crippen LogP contribution in [0.2, 0.25) is 0 Å². The van der Waals surface area contributed by atoms with Crippen molar-refractivity contribution >= 4 is 29.5 Å². The third-order valence-electron chi connectivity index (χ3n) is 6.81. The topological polar surface area (TPSA) is 74.2 Å². The molecule has 0 amide bonds. The molecule has 0 spiro atoms. The highest BCUT2D eigenvalue weighted by Gasteiger charge is 2.42. The van der Waals surface area contributed by atoms with Crippen LogP contribution in [0.3, 0.4) is 0 Å². The molecule has 3 aromatic rings. The van der Waals surface area contributed by atoms with Crippen molar-refractivity contribution < 1.29 is 28.8 Å². The number of aliphatic hydroxyl groups is 1. The molecule has 240 valence electrons. The van der Waals surface area contributed by atoms with Crippen molar-refractivity contribution in [2.24, 2.45) is 5.41 Å². The largest absolute Gasteiger partial charge is 0.462 e. The SMILES string of the molecule is CCSC(SCC)[C@H](OCc1ccccc1)[C@@H](OCc1ccccc1)[C@@H](OCc1ccccc1)[C@H](O)COC(=O)C(C)(C)C. The Labute approximate surface area is 272 Å². The maximum absolute atomic E-state index is 12.7. The second-order valence-electron chi connectivity index (χ2n) is 11.5. The Kier molecular flexibility index (Phi) is 15.8. The minimum Gasteiger partial charge on any atom is -0.462 e. The van der Waals surface area contributed by atoms with Crippen molar-refractivity contribution in [1.82, 2.24) is 0 Å². The first-order valence-corrected chi connectivity index (χ1v) is 17.4. The summed E-state index contributed by atoms with van der Waals surface area (Å²) in [6.07, 6.45) is -3.16. The summed E-state index contributed by atoms with van der Waals surface area (Å²) in [6, 6.07) is 29.8. The molecule has 0 heterocycles. The summed E-state index contributed by atoms with van der Waals surface area (Å²) in [7, 11) is 0. The Morgan fingerprint density at radius 2 is 1.05 bits per heavy atom. The Hall–Kier alpha value is -2.33. The van der Waals surface area contributed by atoms with Gasteiger partial charge in [-0.2, -0.15) is 0 Å². The van der Waals surface area contributed by atoms with Crippen LogP contribution in [0.4, 0.5) is 0 Å². The van der Waals surface area contributed by atoms with Crippen molar-refractivity contribution in [2.45, 2.75) is 83.4 Å². The molecule has 0 unspecified atom stereocenters. The molecule has 0 aromatic heterocycles. The maximum atomic E-state index is 12.7. The van der Waals surface area contributed by atoms with Crippen molar-refractivity contribution in [3.8, 4) is 0 Å². The van der Waals surface area contributed by atoms with E-state index in [0.29, 0.717) is 13.2 Å². The summed E-state index contributed by atoms with van der Waals surface area (Å²) >= 11 is 3.59. The number of ether oxygens (including phenoxy) is 4. The van der Waals surface area contributed by atoms with Gasteiger partial charge in [-0.05, 0) is 49.0 Å². The maximum Gasteiger partial charge on any atom is 0.311 e. The smallest absolute Gasteiger partial charge is 0.311 e. The second-order valence-corrected chi connectivity index (χ2v) is 14.6. The number of esters is 1. The van der Waals surface area contributed by atoms with E-state index in [-0.39, 0.29) is 17.8 Å². The molecule has 0 aliphatic heterocycles. The summed E-state index contributed by atoms with van der Waals surface area (Å²) in [5.41, 5.74) is 2.30. The van der Waals surface area contributed by atoms with Gasteiger partial charge in [0.05, 0.1) is 29.8 Å². The predicted molar refractivity (Wildman–Crippen MR) is 182 cm³/mol. The van der Waals surface area contributed by atoms with Crippen LogP contribution < -0.4 is 0 Å². The zero-order chi connectivity index (χ0) is 31.8. The average Bonchev–Trinajstić information content (AvgIpc) is 3.03. The summed E-state index contributed by atoms with van der Waals surface area (Å²) in [6.45, 7) is 10.3. The number of carbonyl (C=O) groups excluding carboxylic acids is 1. The molecular formula is C36H48O6S2. The fraction of sp³-hybridized carbons (Fsp3) is 0.472. The molecule has 1 N–H and O–H groups in total. The average molecular weight is 641 g/mol. The minimum atomic E-state index is -1.16. The highest BCUT2D eigenvalue weighted by Crippen LogP contribution is 2.34. The zero-order valence-corrected chi connectivity index (χ0v) is 28.2. The van der Waals surface area contributed by atoms with E-state index in [1.807, 2.05) is 91.0 Å². The molecule has 0 radical (unpaired) electrons. The molecule has 8 heteroatoms.